The van der Waals surface area contributed by atoms with Gasteiger partial charge >= 0.3 is 5.97 Å². The molecule has 0 amide bonds. The highest BCUT2D eigenvalue weighted by atomic mass is 32.2. The minimum Gasteiger partial charge on any atom is -0.480 e. The van der Waals surface area contributed by atoms with E-state index in [1.807, 2.05) is 61.5 Å². The molecule has 0 unspecified atom stereocenters. The Morgan fingerprint density at radius 1 is 1.15 bits per heavy atom. The maximum Gasteiger partial charge on any atom is 0.326 e. The standard InChI is InChI=1S/C16H17NO2S/c1-12-7-5-6-10-14(12)17-15(16(18)19)11-20-13-8-3-2-4-9-13/h2-10,15,17H,11H2,1H3,(H,18,19)/t15-/m0/s1. The van der Waals surface area contributed by atoms with Crippen LogP contribution in [0.4, 0.5) is 5.69 Å². The van der Waals surface area contributed by atoms with Crippen LogP contribution < -0.4 is 5.32 Å². The van der Waals surface area contributed by atoms with Crippen LogP contribution in [-0.4, -0.2) is 22.9 Å². The topological polar surface area (TPSA) is 49.3 Å². The van der Waals surface area contributed by atoms with E-state index in [-0.39, 0.29) is 0 Å². The molecule has 2 N–H and O–H groups in total. The van der Waals surface area contributed by atoms with Gasteiger partial charge < -0.3 is 10.4 Å². The SMILES string of the molecule is Cc1ccccc1N[C@@H](CSc1ccccc1)C(=O)O. The normalized spacial score (nSPS) is 11.8. The van der Waals surface area contributed by atoms with Crippen LogP contribution in [0.2, 0.25) is 0 Å². The zero-order chi connectivity index (χ0) is 14.4. The molecule has 2 aromatic rings. The monoisotopic (exact) mass is 287 g/mol. The van der Waals surface area contributed by atoms with Crippen molar-refractivity contribution in [3.05, 3.63) is 60.2 Å². The molecule has 1 atom stereocenters. The molecule has 0 saturated heterocycles. The van der Waals surface area contributed by atoms with E-state index in [2.05, 4.69) is 5.32 Å². The lowest BCUT2D eigenvalue weighted by molar-refractivity contribution is -0.137. The molecule has 2 rings (SSSR count). The molecule has 3 nitrogen and oxygen atoms in total. The summed E-state index contributed by atoms with van der Waals surface area (Å²) in [5, 5.41) is 12.4. The van der Waals surface area contributed by atoms with Gasteiger partial charge in [-0.15, -0.1) is 11.8 Å². The molecule has 0 radical (unpaired) electrons. The van der Waals surface area contributed by atoms with Gasteiger partial charge in [-0.05, 0) is 30.7 Å². The summed E-state index contributed by atoms with van der Waals surface area (Å²) in [5.41, 5.74) is 1.91. The molecule has 0 aliphatic rings. The Morgan fingerprint density at radius 3 is 2.45 bits per heavy atom. The van der Waals surface area contributed by atoms with Gasteiger partial charge in [-0.1, -0.05) is 36.4 Å². The smallest absolute Gasteiger partial charge is 0.326 e. The van der Waals surface area contributed by atoms with Gasteiger partial charge in [-0.2, -0.15) is 0 Å². The molecule has 2 aromatic carbocycles. The van der Waals surface area contributed by atoms with Crippen molar-refractivity contribution in [1.82, 2.24) is 0 Å². The van der Waals surface area contributed by atoms with Crippen molar-refractivity contribution in [2.24, 2.45) is 0 Å². The van der Waals surface area contributed by atoms with Crippen LogP contribution in [0.15, 0.2) is 59.5 Å². The molecular formula is C16H17NO2S. The van der Waals surface area contributed by atoms with Crippen molar-refractivity contribution >= 4 is 23.4 Å². The molecule has 0 aliphatic carbocycles. The van der Waals surface area contributed by atoms with Crippen molar-refractivity contribution in [3.8, 4) is 0 Å². The average molecular weight is 287 g/mol. The number of aryl methyl sites for hydroxylation is 1. The van der Waals surface area contributed by atoms with Crippen LogP contribution in [0.25, 0.3) is 0 Å². The minimum absolute atomic E-state index is 0.480. The number of hydrogen-bond acceptors (Lipinski definition) is 3. The Bertz CT molecular complexity index is 572. The van der Waals surface area contributed by atoms with E-state index >= 15 is 0 Å². The number of carboxylic acid groups (broad SMARTS) is 1. The van der Waals surface area contributed by atoms with E-state index in [4.69, 9.17) is 0 Å². The first-order chi connectivity index (χ1) is 9.66. The third-order valence-corrected chi connectivity index (χ3v) is 4.04. The molecule has 4 heteroatoms. The molecule has 104 valence electrons. The van der Waals surface area contributed by atoms with E-state index in [9.17, 15) is 9.90 Å². The Balaban J connectivity index is 2.01. The summed E-state index contributed by atoms with van der Waals surface area (Å²) >= 11 is 1.54. The Hall–Kier alpha value is -1.94. The van der Waals surface area contributed by atoms with Crippen LogP contribution in [0, 0.1) is 6.92 Å². The molecule has 0 aromatic heterocycles. The number of carboxylic acids is 1. The zero-order valence-electron chi connectivity index (χ0n) is 11.2. The van der Waals surface area contributed by atoms with E-state index in [1.165, 1.54) is 11.8 Å². The molecular weight excluding hydrogens is 270 g/mol. The number of hydrogen-bond donors (Lipinski definition) is 2. The van der Waals surface area contributed by atoms with E-state index in [1.54, 1.807) is 0 Å². The number of nitrogens with one attached hydrogen (secondary N) is 1. The largest absolute Gasteiger partial charge is 0.480 e. The fraction of sp³-hybridized carbons (Fsp3) is 0.188. The zero-order valence-corrected chi connectivity index (χ0v) is 12.1. The molecule has 0 aliphatic heterocycles. The number of carbonyl (C=O) groups is 1. The van der Waals surface area contributed by atoms with Crippen molar-refractivity contribution in [1.29, 1.82) is 0 Å². The van der Waals surface area contributed by atoms with Crippen LogP contribution in [-0.2, 0) is 4.79 Å². The Kier molecular flexibility index (Phi) is 5.07. The highest BCUT2D eigenvalue weighted by molar-refractivity contribution is 7.99. The second-order valence-electron chi connectivity index (χ2n) is 4.47. The quantitative estimate of drug-likeness (QED) is 0.796. The molecule has 0 saturated carbocycles. The third-order valence-electron chi connectivity index (χ3n) is 2.93. The lowest BCUT2D eigenvalue weighted by atomic mass is 10.2. The predicted octanol–water partition coefficient (Wildman–Crippen LogP) is 3.65. The first-order valence-electron chi connectivity index (χ1n) is 6.39. The summed E-state index contributed by atoms with van der Waals surface area (Å²) in [7, 11) is 0. The minimum atomic E-state index is -0.836. The molecule has 0 bridgehead atoms. The summed E-state index contributed by atoms with van der Waals surface area (Å²) in [6.45, 7) is 1.96. The predicted molar refractivity (Wildman–Crippen MR) is 83.4 cm³/mol. The van der Waals surface area contributed by atoms with E-state index in [0.717, 1.165) is 16.1 Å². The van der Waals surface area contributed by atoms with E-state index in [0.29, 0.717) is 5.75 Å². The van der Waals surface area contributed by atoms with Gasteiger partial charge in [0.25, 0.3) is 0 Å². The second-order valence-corrected chi connectivity index (χ2v) is 5.57. The molecule has 0 fully saturated rings. The Morgan fingerprint density at radius 2 is 1.80 bits per heavy atom. The second kappa shape index (κ2) is 7.01. The maximum absolute atomic E-state index is 11.4. The van der Waals surface area contributed by atoms with Crippen LogP contribution in [0.1, 0.15) is 5.56 Å². The summed E-state index contributed by atoms with van der Waals surface area (Å²) < 4.78 is 0. The van der Waals surface area contributed by atoms with Crippen LogP contribution >= 0.6 is 11.8 Å². The van der Waals surface area contributed by atoms with Gasteiger partial charge in [0.05, 0.1) is 0 Å². The van der Waals surface area contributed by atoms with Crippen molar-refractivity contribution in [2.45, 2.75) is 17.9 Å². The number of rotatable bonds is 6. The molecule has 20 heavy (non-hydrogen) atoms. The number of para-hydroxylation sites is 1. The first kappa shape index (κ1) is 14.5. The lowest BCUT2D eigenvalue weighted by Gasteiger charge is -2.17. The van der Waals surface area contributed by atoms with Gasteiger partial charge in [0, 0.05) is 16.3 Å². The molecule has 0 spiro atoms. The van der Waals surface area contributed by atoms with Gasteiger partial charge in [0.2, 0.25) is 0 Å². The highest BCUT2D eigenvalue weighted by Gasteiger charge is 2.18. The Labute approximate surface area is 123 Å². The van der Waals surface area contributed by atoms with Gasteiger partial charge in [0.15, 0.2) is 0 Å². The first-order valence-corrected chi connectivity index (χ1v) is 7.38. The number of aliphatic carboxylic acids is 1. The summed E-state index contributed by atoms with van der Waals surface area (Å²) in [5.74, 6) is -0.357. The van der Waals surface area contributed by atoms with E-state index < -0.39 is 12.0 Å². The number of anilines is 1. The van der Waals surface area contributed by atoms with Crippen molar-refractivity contribution in [2.75, 3.05) is 11.1 Å². The third kappa shape index (κ3) is 4.03. The molecule has 0 heterocycles. The van der Waals surface area contributed by atoms with Gasteiger partial charge in [-0.25, -0.2) is 4.79 Å². The number of thioether (sulfide) groups is 1. The maximum atomic E-state index is 11.4. The highest BCUT2D eigenvalue weighted by Crippen LogP contribution is 2.21. The summed E-state index contributed by atoms with van der Waals surface area (Å²) in [6.07, 6.45) is 0. The van der Waals surface area contributed by atoms with Crippen LogP contribution in [0.5, 0.6) is 0 Å². The van der Waals surface area contributed by atoms with Crippen molar-refractivity contribution in [3.63, 3.8) is 0 Å². The van der Waals surface area contributed by atoms with Gasteiger partial charge in [0.1, 0.15) is 6.04 Å². The average Bonchev–Trinajstić information content (AvgIpc) is 2.46. The fourth-order valence-electron chi connectivity index (χ4n) is 1.79. The fourth-order valence-corrected chi connectivity index (χ4v) is 2.73. The summed E-state index contributed by atoms with van der Waals surface area (Å²) in [6, 6.07) is 16.9. The summed E-state index contributed by atoms with van der Waals surface area (Å²) in [4.78, 5) is 12.4. The lowest BCUT2D eigenvalue weighted by Crippen LogP contribution is -2.31. The van der Waals surface area contributed by atoms with Gasteiger partial charge in [-0.3, -0.25) is 0 Å². The van der Waals surface area contributed by atoms with Crippen molar-refractivity contribution < 1.29 is 9.90 Å². The van der Waals surface area contributed by atoms with Crippen LogP contribution in [0.3, 0.4) is 0 Å². The number of benzene rings is 2.